The molecule has 4 nitrogen and oxygen atoms in total. The third-order valence-electron chi connectivity index (χ3n) is 2.95. The SMILES string of the molecule is COc1ccc(CNc2cc(=S)nc(C(C)C)[nH]2)cc1. The summed E-state index contributed by atoms with van der Waals surface area (Å²) >= 11 is 5.18. The number of methoxy groups -OCH3 is 1. The zero-order chi connectivity index (χ0) is 14.5. The second kappa shape index (κ2) is 6.52. The van der Waals surface area contributed by atoms with Gasteiger partial charge < -0.3 is 15.0 Å². The van der Waals surface area contributed by atoms with Crippen LogP contribution in [0.3, 0.4) is 0 Å². The van der Waals surface area contributed by atoms with E-state index in [1.165, 1.54) is 5.56 Å². The molecule has 2 aromatic rings. The minimum absolute atomic E-state index is 0.319. The van der Waals surface area contributed by atoms with Gasteiger partial charge in [0.05, 0.1) is 7.11 Å². The number of aromatic nitrogens is 2. The van der Waals surface area contributed by atoms with Gasteiger partial charge in [0.2, 0.25) is 0 Å². The molecule has 1 aromatic carbocycles. The minimum atomic E-state index is 0.319. The predicted octanol–water partition coefficient (Wildman–Crippen LogP) is 3.88. The molecule has 0 radical (unpaired) electrons. The van der Waals surface area contributed by atoms with E-state index in [0.717, 1.165) is 23.9 Å². The number of H-pyrrole nitrogens is 1. The summed E-state index contributed by atoms with van der Waals surface area (Å²) in [5.74, 6) is 2.97. The van der Waals surface area contributed by atoms with E-state index in [0.29, 0.717) is 10.6 Å². The highest BCUT2D eigenvalue weighted by Crippen LogP contribution is 2.15. The first kappa shape index (κ1) is 14.5. The van der Waals surface area contributed by atoms with E-state index in [2.05, 4.69) is 29.1 Å². The third-order valence-corrected chi connectivity index (χ3v) is 3.16. The van der Waals surface area contributed by atoms with Crippen LogP contribution in [0, 0.1) is 4.64 Å². The molecule has 1 heterocycles. The second-order valence-electron chi connectivity index (χ2n) is 4.87. The fourth-order valence-corrected chi connectivity index (χ4v) is 2.00. The van der Waals surface area contributed by atoms with Crippen molar-refractivity contribution >= 4 is 18.0 Å². The van der Waals surface area contributed by atoms with Gasteiger partial charge in [0.1, 0.15) is 22.0 Å². The fraction of sp³-hybridized carbons (Fsp3) is 0.333. The van der Waals surface area contributed by atoms with Crippen LogP contribution < -0.4 is 10.1 Å². The molecule has 0 aliphatic rings. The molecule has 2 N–H and O–H groups in total. The molecule has 5 heteroatoms. The lowest BCUT2D eigenvalue weighted by Gasteiger charge is -2.10. The molecular weight excluding hydrogens is 270 g/mol. The summed E-state index contributed by atoms with van der Waals surface area (Å²) in [5, 5.41) is 3.33. The van der Waals surface area contributed by atoms with Crippen LogP contribution in [0.5, 0.6) is 5.75 Å². The summed E-state index contributed by atoms with van der Waals surface area (Å²) < 4.78 is 5.74. The highest BCUT2D eigenvalue weighted by Gasteiger charge is 2.03. The predicted molar refractivity (Wildman–Crippen MR) is 83.8 cm³/mol. The largest absolute Gasteiger partial charge is 0.497 e. The van der Waals surface area contributed by atoms with Gasteiger partial charge in [0.15, 0.2) is 0 Å². The number of anilines is 1. The van der Waals surface area contributed by atoms with Crippen molar-refractivity contribution in [2.45, 2.75) is 26.3 Å². The number of nitrogens with zero attached hydrogens (tertiary/aromatic N) is 1. The number of nitrogens with one attached hydrogen (secondary N) is 2. The van der Waals surface area contributed by atoms with Crippen LogP contribution in [0.25, 0.3) is 0 Å². The molecular formula is C15H19N3OS. The molecule has 0 fully saturated rings. The molecule has 0 aliphatic carbocycles. The maximum absolute atomic E-state index is 5.18. The van der Waals surface area contributed by atoms with Crippen LogP contribution in [0.2, 0.25) is 0 Å². The molecule has 0 amide bonds. The van der Waals surface area contributed by atoms with Gasteiger partial charge in [-0.05, 0) is 17.7 Å². The molecule has 0 unspecified atom stereocenters. The van der Waals surface area contributed by atoms with Crippen molar-refractivity contribution in [2.24, 2.45) is 0 Å². The summed E-state index contributed by atoms with van der Waals surface area (Å²) in [6.45, 7) is 4.89. The summed E-state index contributed by atoms with van der Waals surface area (Å²) in [7, 11) is 1.66. The summed E-state index contributed by atoms with van der Waals surface area (Å²) in [4.78, 5) is 7.58. The van der Waals surface area contributed by atoms with E-state index >= 15 is 0 Å². The quantitative estimate of drug-likeness (QED) is 0.820. The summed E-state index contributed by atoms with van der Waals surface area (Å²) in [6.07, 6.45) is 0. The van der Waals surface area contributed by atoms with Gasteiger partial charge >= 0.3 is 0 Å². The van der Waals surface area contributed by atoms with Crippen LogP contribution in [-0.2, 0) is 6.54 Å². The van der Waals surface area contributed by atoms with Gasteiger partial charge in [-0.15, -0.1) is 0 Å². The number of ether oxygens (including phenoxy) is 1. The van der Waals surface area contributed by atoms with Crippen LogP contribution in [-0.4, -0.2) is 17.1 Å². The third kappa shape index (κ3) is 3.81. The standard InChI is InChI=1S/C15H19N3OS/c1-10(2)15-17-13(8-14(20)18-15)16-9-11-4-6-12(19-3)7-5-11/h4-8,10H,9H2,1-3H3,(H2,16,17,18,20). The minimum Gasteiger partial charge on any atom is -0.497 e. The lowest BCUT2D eigenvalue weighted by Crippen LogP contribution is -2.05. The second-order valence-corrected chi connectivity index (χ2v) is 5.29. The molecule has 20 heavy (non-hydrogen) atoms. The first-order valence-corrected chi connectivity index (χ1v) is 6.97. The van der Waals surface area contributed by atoms with Crippen molar-refractivity contribution < 1.29 is 4.74 Å². The Kier molecular flexibility index (Phi) is 4.74. The van der Waals surface area contributed by atoms with Gasteiger partial charge in [-0.3, -0.25) is 0 Å². The Morgan fingerprint density at radius 1 is 1.30 bits per heavy atom. The van der Waals surface area contributed by atoms with E-state index in [4.69, 9.17) is 17.0 Å². The Labute approximate surface area is 124 Å². The molecule has 1 aromatic heterocycles. The number of aromatic amines is 1. The normalized spacial score (nSPS) is 10.6. The first-order valence-electron chi connectivity index (χ1n) is 6.56. The average molecular weight is 289 g/mol. The smallest absolute Gasteiger partial charge is 0.131 e. The van der Waals surface area contributed by atoms with Crippen LogP contribution >= 0.6 is 12.2 Å². The van der Waals surface area contributed by atoms with Crippen molar-refractivity contribution in [1.29, 1.82) is 0 Å². The van der Waals surface area contributed by atoms with Crippen molar-refractivity contribution in [3.8, 4) is 5.75 Å². The zero-order valence-electron chi connectivity index (χ0n) is 11.9. The Morgan fingerprint density at radius 3 is 2.60 bits per heavy atom. The monoisotopic (exact) mass is 289 g/mol. The molecule has 0 saturated heterocycles. The summed E-state index contributed by atoms with van der Waals surface area (Å²) in [5.41, 5.74) is 1.17. The first-order chi connectivity index (χ1) is 9.58. The average Bonchev–Trinajstić information content (AvgIpc) is 2.45. The van der Waals surface area contributed by atoms with Crippen LogP contribution in [0.4, 0.5) is 5.82 Å². The lowest BCUT2D eigenvalue weighted by atomic mass is 10.2. The van der Waals surface area contributed by atoms with Gasteiger partial charge in [0, 0.05) is 18.5 Å². The number of hydrogen-bond acceptors (Lipinski definition) is 4. The van der Waals surface area contributed by atoms with Crippen molar-refractivity contribution in [2.75, 3.05) is 12.4 Å². The van der Waals surface area contributed by atoms with E-state index < -0.39 is 0 Å². The molecule has 0 atom stereocenters. The van der Waals surface area contributed by atoms with Crippen molar-refractivity contribution in [3.05, 3.63) is 46.4 Å². The fourth-order valence-electron chi connectivity index (χ4n) is 1.79. The number of rotatable bonds is 5. The van der Waals surface area contributed by atoms with E-state index in [1.54, 1.807) is 7.11 Å². The van der Waals surface area contributed by atoms with Crippen LogP contribution in [0.15, 0.2) is 30.3 Å². The highest BCUT2D eigenvalue weighted by atomic mass is 32.1. The van der Waals surface area contributed by atoms with Gasteiger partial charge in [-0.2, -0.15) is 0 Å². The van der Waals surface area contributed by atoms with Crippen molar-refractivity contribution in [1.82, 2.24) is 9.97 Å². The van der Waals surface area contributed by atoms with E-state index in [1.807, 2.05) is 30.3 Å². The molecule has 2 rings (SSSR count). The summed E-state index contributed by atoms with van der Waals surface area (Å²) in [6, 6.07) is 9.80. The van der Waals surface area contributed by atoms with E-state index in [9.17, 15) is 0 Å². The number of hydrogen-bond donors (Lipinski definition) is 2. The molecule has 106 valence electrons. The Morgan fingerprint density at radius 2 is 2.00 bits per heavy atom. The zero-order valence-corrected chi connectivity index (χ0v) is 12.8. The number of benzene rings is 1. The molecule has 0 aliphatic heterocycles. The maximum Gasteiger partial charge on any atom is 0.131 e. The van der Waals surface area contributed by atoms with E-state index in [-0.39, 0.29) is 0 Å². The molecule has 0 spiro atoms. The van der Waals surface area contributed by atoms with Crippen molar-refractivity contribution in [3.63, 3.8) is 0 Å². The van der Waals surface area contributed by atoms with Gasteiger partial charge in [-0.1, -0.05) is 38.2 Å². The Balaban J connectivity index is 2.08. The lowest BCUT2D eigenvalue weighted by molar-refractivity contribution is 0.414. The Hall–Kier alpha value is -1.88. The topological polar surface area (TPSA) is 49.9 Å². The molecule has 0 bridgehead atoms. The molecule has 0 saturated carbocycles. The Bertz CT molecular complexity index is 620. The van der Waals surface area contributed by atoms with Crippen LogP contribution in [0.1, 0.15) is 31.2 Å². The maximum atomic E-state index is 5.18. The van der Waals surface area contributed by atoms with Gasteiger partial charge in [0.25, 0.3) is 0 Å². The van der Waals surface area contributed by atoms with Gasteiger partial charge in [-0.25, -0.2) is 4.98 Å². The highest BCUT2D eigenvalue weighted by molar-refractivity contribution is 7.71.